The van der Waals surface area contributed by atoms with Gasteiger partial charge in [0.15, 0.2) is 11.1 Å². The van der Waals surface area contributed by atoms with Crippen LogP contribution in [0, 0.1) is 11.3 Å². The molecule has 0 aromatic rings. The van der Waals surface area contributed by atoms with Gasteiger partial charge >= 0.3 is 24.7 Å². The summed E-state index contributed by atoms with van der Waals surface area (Å²) in [5, 5.41) is 0. The third-order valence-electron chi connectivity index (χ3n) is 2.75. The average molecular weight is 564 g/mol. The summed E-state index contributed by atoms with van der Waals surface area (Å²) in [6.45, 7) is 8.12. The average Bonchev–Trinajstić information content (AvgIpc) is 2.40. The second kappa shape index (κ2) is 15.2. The third-order valence-corrected chi connectivity index (χ3v) is 2.75. The fraction of sp³-hybridized carbons (Fsp3) is 1.00. The van der Waals surface area contributed by atoms with Gasteiger partial charge in [0, 0.05) is 5.92 Å². The number of hydrogen-bond acceptors (Lipinski definition) is 0. The second-order valence-corrected chi connectivity index (χ2v) is 8.63. The summed E-state index contributed by atoms with van der Waals surface area (Å²) in [7, 11) is 0. The van der Waals surface area contributed by atoms with Gasteiger partial charge in [-0.1, -0.05) is 13.8 Å². The minimum atomic E-state index is -5.24. The van der Waals surface area contributed by atoms with Crippen molar-refractivity contribution in [1.82, 2.24) is 0 Å². The van der Waals surface area contributed by atoms with Crippen molar-refractivity contribution in [2.45, 2.75) is 112 Å². The van der Waals surface area contributed by atoms with Crippen LogP contribution in [-0.2, 0) is 0 Å². The van der Waals surface area contributed by atoms with E-state index >= 15 is 0 Å². The van der Waals surface area contributed by atoms with Crippen molar-refractivity contribution in [3.8, 4) is 0 Å². The topological polar surface area (TPSA) is 0 Å². The zero-order chi connectivity index (χ0) is 30.7. The molecule has 0 radical (unpaired) electrons. The van der Waals surface area contributed by atoms with Crippen molar-refractivity contribution in [3.63, 3.8) is 0 Å². The minimum absolute atomic E-state index is 0.104. The maximum atomic E-state index is 11.8. The van der Waals surface area contributed by atoms with Crippen molar-refractivity contribution >= 4 is 0 Å². The first-order chi connectivity index (χ1) is 14.4. The third kappa shape index (κ3) is 30.8. The van der Waals surface area contributed by atoms with Gasteiger partial charge in [-0.2, -0.15) is 52.7 Å². The Morgan fingerprint density at radius 1 is 0.429 bits per heavy atom. The number of rotatable bonds is 0. The summed E-state index contributed by atoms with van der Waals surface area (Å²) in [5.74, 6) is -3.70. The van der Waals surface area contributed by atoms with Gasteiger partial charge in [0.2, 0.25) is 5.92 Å². The molecule has 0 fully saturated rings. The highest BCUT2D eigenvalue weighted by atomic mass is 19.4. The van der Waals surface area contributed by atoms with Crippen LogP contribution in [0.5, 0.6) is 0 Å². The van der Waals surface area contributed by atoms with E-state index in [-0.39, 0.29) is 13.8 Å². The largest absolute Gasteiger partial charge is 0.421 e. The summed E-state index contributed by atoms with van der Waals surface area (Å²) >= 11 is 0. The van der Waals surface area contributed by atoms with Crippen LogP contribution >= 0.6 is 0 Å². The molecule has 0 bridgehead atoms. The highest BCUT2D eigenvalue weighted by Gasteiger charge is 2.64. The van der Waals surface area contributed by atoms with E-state index in [4.69, 9.17) is 0 Å². The molecule has 0 aliphatic rings. The van der Waals surface area contributed by atoms with Gasteiger partial charge in [0.25, 0.3) is 0 Å². The van der Waals surface area contributed by atoms with Crippen LogP contribution in [0.2, 0.25) is 0 Å². The predicted octanol–water partition coefficient (Wildman–Crippen LogP) is 10.7. The normalized spacial score (nSPS) is 13.4. The smallest absolute Gasteiger partial charge is 0.248 e. The van der Waals surface area contributed by atoms with Gasteiger partial charge in [0.1, 0.15) is 0 Å². The molecule has 0 amide bonds. The maximum Gasteiger partial charge on any atom is 0.421 e. The zero-order valence-corrected chi connectivity index (χ0v) is 20.7. The van der Waals surface area contributed by atoms with Gasteiger partial charge in [-0.25, -0.2) is 17.6 Å². The molecular weight excluding hydrogens is 532 g/mol. The Kier molecular flexibility index (Phi) is 19.1. The Bertz CT molecular complexity index is 469. The zero-order valence-electron chi connectivity index (χ0n) is 20.7. The number of alkyl halides is 16. The lowest BCUT2D eigenvalue weighted by Gasteiger charge is -2.29. The van der Waals surface area contributed by atoms with Crippen molar-refractivity contribution in [3.05, 3.63) is 0 Å². The molecule has 0 aliphatic heterocycles. The summed E-state index contributed by atoms with van der Waals surface area (Å²) in [6.07, 6.45) is -19.9. The molecule has 0 atom stereocenters. The summed E-state index contributed by atoms with van der Waals surface area (Å²) in [5.41, 5.74) is -6.69. The van der Waals surface area contributed by atoms with E-state index in [9.17, 15) is 70.2 Å². The number of hydrogen-bond donors (Lipinski definition) is 0. The molecule has 0 aliphatic carbocycles. The van der Waals surface area contributed by atoms with Crippen molar-refractivity contribution in [2.75, 3.05) is 0 Å². The summed E-state index contributed by atoms with van der Waals surface area (Å²) in [6, 6.07) is 0. The Hall–Kier alpha value is -1.12. The van der Waals surface area contributed by atoms with Crippen LogP contribution in [0.4, 0.5) is 70.2 Å². The SMILES string of the molecule is CC(C)(C(F)(F)F)C(F)(F)F.CC(C)(F)C(F)(F)F.CC(C)(F)F.CC(C)C(F)(F)F.CC(C)F. The molecule has 0 aromatic heterocycles. The van der Waals surface area contributed by atoms with Crippen LogP contribution in [0.3, 0.4) is 0 Å². The van der Waals surface area contributed by atoms with Crippen LogP contribution in [-0.4, -0.2) is 42.5 Å². The molecule has 0 heterocycles. The van der Waals surface area contributed by atoms with E-state index in [1.807, 2.05) is 0 Å². The summed E-state index contributed by atoms with van der Waals surface area (Å²) in [4.78, 5) is 0. The van der Waals surface area contributed by atoms with E-state index in [0.717, 1.165) is 27.7 Å². The fourth-order valence-corrected chi connectivity index (χ4v) is 0.161. The lowest BCUT2D eigenvalue weighted by atomic mass is 9.92. The second-order valence-electron chi connectivity index (χ2n) is 8.63. The van der Waals surface area contributed by atoms with Crippen molar-refractivity contribution in [2.24, 2.45) is 11.3 Å². The van der Waals surface area contributed by atoms with Gasteiger partial charge in [-0.3, -0.25) is 0 Å². The Balaban J connectivity index is -0.000000112. The molecule has 0 N–H and O–H groups in total. The molecule has 0 unspecified atom stereocenters. The standard InChI is InChI=1S/C5H6F6.C4H6F4.C4H7F3.C3H6F2.C3H7F/c1-3(2,4(6,7)8)5(9,10)11;1-3(2,5)4(6,7)8;1-3(2)4(5,6)7;1-3(2,4)5;1-3(2)4/h1-2H3;1-2H3;3H,1-2H3;1-2H3;3H,1-2H3. The molecule has 0 saturated carbocycles. The fourth-order valence-electron chi connectivity index (χ4n) is 0.161. The minimum Gasteiger partial charge on any atom is -0.248 e. The highest BCUT2D eigenvalue weighted by molar-refractivity contribution is 4.84. The van der Waals surface area contributed by atoms with Crippen LogP contribution < -0.4 is 0 Å². The van der Waals surface area contributed by atoms with E-state index in [0.29, 0.717) is 13.8 Å². The molecule has 0 nitrogen and oxygen atoms in total. The lowest BCUT2D eigenvalue weighted by molar-refractivity contribution is -0.327. The highest BCUT2D eigenvalue weighted by Crippen LogP contribution is 2.49. The number of halogens is 16. The van der Waals surface area contributed by atoms with Gasteiger partial charge < -0.3 is 0 Å². The van der Waals surface area contributed by atoms with Gasteiger partial charge in [-0.15, -0.1) is 0 Å². The maximum absolute atomic E-state index is 11.8. The molecular formula is C19H32F16. The summed E-state index contributed by atoms with van der Waals surface area (Å²) < 4.78 is 182. The molecule has 0 saturated heterocycles. The Morgan fingerprint density at radius 2 is 0.543 bits per heavy atom. The molecule has 35 heavy (non-hydrogen) atoms. The predicted molar refractivity (Wildman–Crippen MR) is 101 cm³/mol. The van der Waals surface area contributed by atoms with Gasteiger partial charge in [0.05, 0.1) is 6.17 Å². The molecule has 0 spiro atoms. The first kappa shape index (κ1) is 43.9. The Morgan fingerprint density at radius 3 is 0.543 bits per heavy atom. The molecule has 16 heteroatoms. The quantitative estimate of drug-likeness (QED) is 0.257. The van der Waals surface area contributed by atoms with Gasteiger partial charge in [-0.05, 0) is 55.4 Å². The van der Waals surface area contributed by atoms with E-state index in [2.05, 4.69) is 0 Å². The van der Waals surface area contributed by atoms with Crippen LogP contribution in [0.1, 0.15) is 69.2 Å². The first-order valence-electron chi connectivity index (χ1n) is 9.40. The molecule has 0 rings (SSSR count). The lowest BCUT2D eigenvalue weighted by Crippen LogP contribution is -2.44. The van der Waals surface area contributed by atoms with Crippen LogP contribution in [0.15, 0.2) is 0 Å². The van der Waals surface area contributed by atoms with E-state index in [1.165, 1.54) is 13.8 Å². The molecule has 0 aromatic carbocycles. The molecule has 220 valence electrons. The monoisotopic (exact) mass is 564 g/mol. The van der Waals surface area contributed by atoms with E-state index < -0.39 is 53.8 Å². The van der Waals surface area contributed by atoms with E-state index in [1.54, 1.807) is 0 Å². The van der Waals surface area contributed by atoms with Crippen molar-refractivity contribution in [1.29, 1.82) is 0 Å². The van der Waals surface area contributed by atoms with Crippen LogP contribution in [0.25, 0.3) is 0 Å². The first-order valence-corrected chi connectivity index (χ1v) is 9.40. The van der Waals surface area contributed by atoms with Crippen molar-refractivity contribution < 1.29 is 70.2 Å². The Labute approximate surface area is 194 Å².